The zero-order valence-corrected chi connectivity index (χ0v) is 14.3. The number of anilines is 2. The SMILES string of the molecule is O=C(Nc1ccc(NC(=O)c2ccco2)cc1)c1ccc(Cl)c(Cl)c1. The minimum Gasteiger partial charge on any atom is -0.459 e. The lowest BCUT2D eigenvalue weighted by molar-refractivity contribution is 0.0994. The molecule has 25 heavy (non-hydrogen) atoms. The maximum atomic E-state index is 12.2. The van der Waals surface area contributed by atoms with E-state index >= 15 is 0 Å². The van der Waals surface area contributed by atoms with Crippen molar-refractivity contribution in [1.82, 2.24) is 0 Å². The lowest BCUT2D eigenvalue weighted by Crippen LogP contribution is -2.13. The number of benzene rings is 2. The predicted octanol–water partition coefficient (Wildman–Crippen LogP) is 5.09. The van der Waals surface area contributed by atoms with E-state index in [-0.39, 0.29) is 17.6 Å². The first-order chi connectivity index (χ1) is 12.0. The van der Waals surface area contributed by atoms with Crippen molar-refractivity contribution in [3.63, 3.8) is 0 Å². The van der Waals surface area contributed by atoms with Crippen LogP contribution in [0.5, 0.6) is 0 Å². The Morgan fingerprint density at radius 3 is 2.00 bits per heavy atom. The Hall–Kier alpha value is -2.76. The van der Waals surface area contributed by atoms with Crippen LogP contribution in [0.15, 0.2) is 65.3 Å². The lowest BCUT2D eigenvalue weighted by atomic mass is 10.2. The normalized spacial score (nSPS) is 10.3. The number of halogens is 2. The molecule has 0 atom stereocenters. The largest absolute Gasteiger partial charge is 0.459 e. The predicted molar refractivity (Wildman–Crippen MR) is 97.5 cm³/mol. The molecule has 1 heterocycles. The summed E-state index contributed by atoms with van der Waals surface area (Å²) in [5, 5.41) is 6.13. The van der Waals surface area contributed by atoms with Crippen molar-refractivity contribution in [3.8, 4) is 0 Å². The van der Waals surface area contributed by atoms with Crippen molar-refractivity contribution >= 4 is 46.4 Å². The van der Waals surface area contributed by atoms with Crippen molar-refractivity contribution in [1.29, 1.82) is 0 Å². The fourth-order valence-electron chi connectivity index (χ4n) is 2.08. The monoisotopic (exact) mass is 374 g/mol. The number of furan rings is 1. The molecule has 0 saturated carbocycles. The van der Waals surface area contributed by atoms with Gasteiger partial charge < -0.3 is 15.1 Å². The summed E-state index contributed by atoms with van der Waals surface area (Å²) in [6, 6.07) is 14.5. The van der Waals surface area contributed by atoms with E-state index in [1.807, 2.05) is 0 Å². The van der Waals surface area contributed by atoms with E-state index in [0.717, 1.165) is 0 Å². The van der Waals surface area contributed by atoms with Crippen LogP contribution in [0.25, 0.3) is 0 Å². The standard InChI is InChI=1S/C18H12Cl2N2O3/c19-14-8-3-11(10-15(14)20)17(23)21-12-4-6-13(7-5-12)22-18(24)16-2-1-9-25-16/h1-10H,(H,21,23)(H,22,24). The average Bonchev–Trinajstić information content (AvgIpc) is 3.14. The maximum absolute atomic E-state index is 12.2. The van der Waals surface area contributed by atoms with Crippen LogP contribution in [0.1, 0.15) is 20.9 Å². The van der Waals surface area contributed by atoms with Crippen LogP contribution in [-0.2, 0) is 0 Å². The van der Waals surface area contributed by atoms with Gasteiger partial charge in [0.1, 0.15) is 0 Å². The molecule has 2 aromatic carbocycles. The molecule has 5 nitrogen and oxygen atoms in total. The highest BCUT2D eigenvalue weighted by Crippen LogP contribution is 2.23. The van der Waals surface area contributed by atoms with E-state index in [2.05, 4.69) is 10.6 Å². The minimum atomic E-state index is -0.349. The number of rotatable bonds is 4. The summed E-state index contributed by atoms with van der Waals surface area (Å²) >= 11 is 11.7. The molecule has 0 aliphatic rings. The number of nitrogens with one attached hydrogen (secondary N) is 2. The van der Waals surface area contributed by atoms with Gasteiger partial charge in [0.25, 0.3) is 11.8 Å². The molecule has 2 N–H and O–H groups in total. The molecule has 126 valence electrons. The molecule has 0 fully saturated rings. The molecule has 0 saturated heterocycles. The summed E-state index contributed by atoms with van der Waals surface area (Å²) in [6.07, 6.45) is 1.43. The van der Waals surface area contributed by atoms with Gasteiger partial charge in [-0.1, -0.05) is 23.2 Å². The molecular weight excluding hydrogens is 363 g/mol. The van der Waals surface area contributed by atoms with Gasteiger partial charge >= 0.3 is 0 Å². The summed E-state index contributed by atoms with van der Waals surface area (Å²) in [5.41, 5.74) is 1.55. The molecule has 0 radical (unpaired) electrons. The van der Waals surface area contributed by atoms with Gasteiger partial charge in [-0.3, -0.25) is 9.59 Å². The van der Waals surface area contributed by atoms with Gasteiger partial charge in [-0.15, -0.1) is 0 Å². The molecule has 7 heteroatoms. The fraction of sp³-hybridized carbons (Fsp3) is 0. The van der Waals surface area contributed by atoms with Crippen LogP contribution in [0.4, 0.5) is 11.4 Å². The van der Waals surface area contributed by atoms with E-state index in [4.69, 9.17) is 27.6 Å². The van der Waals surface area contributed by atoms with E-state index in [0.29, 0.717) is 27.0 Å². The first-order valence-electron chi connectivity index (χ1n) is 7.24. The summed E-state index contributed by atoms with van der Waals surface area (Å²) in [4.78, 5) is 24.1. The molecule has 3 rings (SSSR count). The van der Waals surface area contributed by atoms with Crippen molar-refractivity contribution in [2.24, 2.45) is 0 Å². The van der Waals surface area contributed by atoms with E-state index in [1.165, 1.54) is 12.3 Å². The minimum absolute atomic E-state index is 0.219. The second-order valence-corrected chi connectivity index (χ2v) is 5.91. The molecule has 0 aliphatic heterocycles. The first kappa shape index (κ1) is 17.1. The highest BCUT2D eigenvalue weighted by molar-refractivity contribution is 6.42. The van der Waals surface area contributed by atoms with Crippen LogP contribution >= 0.6 is 23.2 Å². The lowest BCUT2D eigenvalue weighted by Gasteiger charge is -2.08. The van der Waals surface area contributed by atoms with Crippen molar-refractivity contribution < 1.29 is 14.0 Å². The number of carbonyl (C=O) groups excluding carboxylic acids is 2. The highest BCUT2D eigenvalue weighted by atomic mass is 35.5. The molecular formula is C18H12Cl2N2O3. The first-order valence-corrected chi connectivity index (χ1v) is 8.00. The van der Waals surface area contributed by atoms with E-state index < -0.39 is 0 Å². The fourth-order valence-corrected chi connectivity index (χ4v) is 2.38. The van der Waals surface area contributed by atoms with Gasteiger partial charge in [0.2, 0.25) is 0 Å². The van der Waals surface area contributed by atoms with Crippen molar-refractivity contribution in [3.05, 3.63) is 82.2 Å². The van der Waals surface area contributed by atoms with Crippen LogP contribution in [0.2, 0.25) is 10.0 Å². The third-order valence-corrected chi connectivity index (χ3v) is 4.07. The quantitative estimate of drug-likeness (QED) is 0.667. The zero-order valence-electron chi connectivity index (χ0n) is 12.8. The van der Waals surface area contributed by atoms with Gasteiger partial charge in [0.15, 0.2) is 5.76 Å². The molecule has 1 aromatic heterocycles. The molecule has 2 amide bonds. The molecule has 3 aromatic rings. The van der Waals surface area contributed by atoms with Gasteiger partial charge in [-0.2, -0.15) is 0 Å². The second kappa shape index (κ2) is 7.42. The molecule has 0 aliphatic carbocycles. The van der Waals surface area contributed by atoms with Gasteiger partial charge in [0.05, 0.1) is 16.3 Å². The topological polar surface area (TPSA) is 71.3 Å². The Kier molecular flexibility index (Phi) is 5.07. The van der Waals surface area contributed by atoms with E-state index in [1.54, 1.807) is 48.5 Å². The number of carbonyl (C=O) groups is 2. The summed E-state index contributed by atoms with van der Waals surface area (Å²) in [6.45, 7) is 0. The van der Waals surface area contributed by atoms with Crippen LogP contribution in [-0.4, -0.2) is 11.8 Å². The van der Waals surface area contributed by atoms with Crippen LogP contribution < -0.4 is 10.6 Å². The molecule has 0 spiro atoms. The van der Waals surface area contributed by atoms with Crippen LogP contribution in [0.3, 0.4) is 0 Å². The van der Waals surface area contributed by atoms with Crippen molar-refractivity contribution in [2.45, 2.75) is 0 Å². The Balaban J connectivity index is 1.65. The Labute approximate surface area is 153 Å². The Morgan fingerprint density at radius 1 is 0.800 bits per heavy atom. The zero-order chi connectivity index (χ0) is 17.8. The summed E-state index contributed by atoms with van der Waals surface area (Å²) in [7, 11) is 0. The third kappa shape index (κ3) is 4.21. The number of hydrogen-bond donors (Lipinski definition) is 2. The maximum Gasteiger partial charge on any atom is 0.291 e. The smallest absolute Gasteiger partial charge is 0.291 e. The van der Waals surface area contributed by atoms with Crippen LogP contribution in [0, 0.1) is 0 Å². The highest BCUT2D eigenvalue weighted by Gasteiger charge is 2.10. The molecule has 0 bridgehead atoms. The van der Waals surface area contributed by atoms with Gasteiger partial charge in [-0.05, 0) is 54.6 Å². The van der Waals surface area contributed by atoms with Gasteiger partial charge in [-0.25, -0.2) is 0 Å². The van der Waals surface area contributed by atoms with Gasteiger partial charge in [0, 0.05) is 16.9 Å². The third-order valence-electron chi connectivity index (χ3n) is 3.33. The summed E-state index contributed by atoms with van der Waals surface area (Å²) in [5.74, 6) is -0.444. The molecule has 0 unspecified atom stereocenters. The average molecular weight is 375 g/mol. The van der Waals surface area contributed by atoms with E-state index in [9.17, 15) is 9.59 Å². The van der Waals surface area contributed by atoms with Crippen molar-refractivity contribution in [2.75, 3.05) is 10.6 Å². The second-order valence-electron chi connectivity index (χ2n) is 5.09. The Morgan fingerprint density at radius 2 is 1.44 bits per heavy atom. The Bertz CT molecular complexity index is 907. The number of amides is 2. The summed E-state index contributed by atoms with van der Waals surface area (Å²) < 4.78 is 5.02. The number of hydrogen-bond acceptors (Lipinski definition) is 3.